The summed E-state index contributed by atoms with van der Waals surface area (Å²) in [6.45, 7) is 3.17. The highest BCUT2D eigenvalue weighted by Gasteiger charge is 2.21. The molecule has 1 atom stereocenters. The van der Waals surface area contributed by atoms with Crippen LogP contribution < -0.4 is 10.2 Å². The van der Waals surface area contributed by atoms with Crippen molar-refractivity contribution >= 4 is 17.3 Å². The molecular formula is C19H21F2N3O. The van der Waals surface area contributed by atoms with Gasteiger partial charge in [-0.25, -0.2) is 13.8 Å². The van der Waals surface area contributed by atoms with E-state index in [-0.39, 0.29) is 11.4 Å². The van der Waals surface area contributed by atoms with E-state index in [0.717, 1.165) is 37.2 Å². The Morgan fingerprint density at radius 3 is 2.80 bits per heavy atom. The molecule has 2 heterocycles. The van der Waals surface area contributed by atoms with Gasteiger partial charge in [-0.1, -0.05) is 6.92 Å². The van der Waals surface area contributed by atoms with Gasteiger partial charge in [0.1, 0.15) is 17.3 Å². The Hall–Kier alpha value is -2.50. The van der Waals surface area contributed by atoms with Crippen LogP contribution in [0.3, 0.4) is 0 Å². The van der Waals surface area contributed by atoms with Gasteiger partial charge in [-0.3, -0.25) is 4.79 Å². The average molecular weight is 345 g/mol. The van der Waals surface area contributed by atoms with Crippen molar-refractivity contribution in [3.8, 4) is 0 Å². The van der Waals surface area contributed by atoms with Crippen molar-refractivity contribution in [3.63, 3.8) is 0 Å². The maximum absolute atomic E-state index is 13.6. The van der Waals surface area contributed by atoms with Gasteiger partial charge in [0.25, 0.3) is 5.91 Å². The van der Waals surface area contributed by atoms with Crippen molar-refractivity contribution < 1.29 is 13.6 Å². The molecule has 4 nitrogen and oxygen atoms in total. The van der Waals surface area contributed by atoms with Gasteiger partial charge in [-0.15, -0.1) is 0 Å². The molecule has 25 heavy (non-hydrogen) atoms. The van der Waals surface area contributed by atoms with Crippen LogP contribution in [-0.2, 0) is 0 Å². The number of hydrogen-bond acceptors (Lipinski definition) is 3. The number of aromatic nitrogens is 1. The minimum absolute atomic E-state index is 0.0700. The highest BCUT2D eigenvalue weighted by atomic mass is 19.1. The number of nitrogens with zero attached hydrogens (tertiary/aromatic N) is 2. The number of nitrogens with one attached hydrogen (secondary N) is 1. The molecule has 3 rings (SSSR count). The Kier molecular flexibility index (Phi) is 5.26. The Morgan fingerprint density at radius 2 is 2.12 bits per heavy atom. The molecular weight excluding hydrogens is 324 g/mol. The number of carbonyl (C=O) groups is 1. The van der Waals surface area contributed by atoms with Gasteiger partial charge >= 0.3 is 0 Å². The third-order valence-corrected chi connectivity index (χ3v) is 4.59. The van der Waals surface area contributed by atoms with Gasteiger partial charge in [0.05, 0.1) is 17.6 Å². The van der Waals surface area contributed by atoms with Crippen molar-refractivity contribution in [1.82, 2.24) is 4.98 Å². The van der Waals surface area contributed by atoms with Gasteiger partial charge in [-0.2, -0.15) is 0 Å². The summed E-state index contributed by atoms with van der Waals surface area (Å²) in [6.07, 6.45) is 6.33. The maximum Gasteiger partial charge on any atom is 0.274 e. The monoisotopic (exact) mass is 345 g/mol. The highest BCUT2D eigenvalue weighted by Crippen LogP contribution is 2.26. The zero-order valence-electron chi connectivity index (χ0n) is 14.1. The van der Waals surface area contributed by atoms with Crippen molar-refractivity contribution in [1.29, 1.82) is 0 Å². The molecule has 132 valence electrons. The largest absolute Gasteiger partial charge is 0.367 e. The van der Waals surface area contributed by atoms with E-state index in [2.05, 4.69) is 22.1 Å². The quantitative estimate of drug-likeness (QED) is 0.894. The Bertz CT molecular complexity index is 749. The molecule has 0 spiro atoms. The molecule has 1 aliphatic heterocycles. The first-order valence-electron chi connectivity index (χ1n) is 8.57. The normalized spacial score (nSPS) is 17.4. The minimum atomic E-state index is -0.816. The Balaban J connectivity index is 1.72. The van der Waals surface area contributed by atoms with E-state index in [1.807, 2.05) is 6.07 Å². The summed E-state index contributed by atoms with van der Waals surface area (Å²) in [5.41, 5.74) is 1.12. The first-order valence-corrected chi connectivity index (χ1v) is 8.57. The molecule has 0 bridgehead atoms. The third kappa shape index (κ3) is 3.95. The van der Waals surface area contributed by atoms with E-state index < -0.39 is 17.5 Å². The van der Waals surface area contributed by atoms with Gasteiger partial charge < -0.3 is 10.2 Å². The summed E-state index contributed by atoms with van der Waals surface area (Å²) in [4.78, 5) is 18.8. The van der Waals surface area contributed by atoms with Gasteiger partial charge in [0.2, 0.25) is 0 Å². The SMILES string of the molecule is CCC1CCCCN1c1ccc(C(=O)Nc2ccc(F)cc2F)nc1. The summed E-state index contributed by atoms with van der Waals surface area (Å²) in [6, 6.07) is 7.02. The van der Waals surface area contributed by atoms with E-state index in [9.17, 15) is 13.6 Å². The van der Waals surface area contributed by atoms with Crippen molar-refractivity contribution in [2.24, 2.45) is 0 Å². The molecule has 2 aromatic rings. The van der Waals surface area contributed by atoms with Crippen LogP contribution in [0.5, 0.6) is 0 Å². The molecule has 1 aromatic carbocycles. The van der Waals surface area contributed by atoms with Gasteiger partial charge in [0, 0.05) is 18.7 Å². The lowest BCUT2D eigenvalue weighted by Crippen LogP contribution is -2.39. The number of hydrogen-bond donors (Lipinski definition) is 1. The standard InChI is InChI=1S/C19H21F2N3O/c1-2-14-5-3-4-10-24(14)15-7-9-18(22-12-15)19(25)23-17-8-6-13(20)11-16(17)21/h6-9,11-12,14H,2-5,10H2,1H3,(H,23,25). The number of pyridine rings is 1. The van der Waals surface area contributed by atoms with Gasteiger partial charge in [0.15, 0.2) is 0 Å². The molecule has 1 amide bonds. The van der Waals surface area contributed by atoms with E-state index in [4.69, 9.17) is 0 Å². The minimum Gasteiger partial charge on any atom is -0.367 e. The van der Waals surface area contributed by atoms with Crippen LogP contribution >= 0.6 is 0 Å². The summed E-state index contributed by atoms with van der Waals surface area (Å²) in [5, 5.41) is 2.42. The van der Waals surface area contributed by atoms with E-state index in [1.54, 1.807) is 12.3 Å². The number of halogens is 2. The average Bonchev–Trinajstić information content (AvgIpc) is 2.64. The van der Waals surface area contributed by atoms with Crippen LogP contribution in [0.4, 0.5) is 20.2 Å². The first kappa shape index (κ1) is 17.3. The summed E-state index contributed by atoms with van der Waals surface area (Å²) in [7, 11) is 0. The number of rotatable bonds is 4. The molecule has 0 radical (unpaired) electrons. The molecule has 0 saturated carbocycles. The smallest absolute Gasteiger partial charge is 0.274 e. The number of piperidine rings is 1. The van der Waals surface area contributed by atoms with Crippen molar-refractivity contribution in [2.75, 3.05) is 16.8 Å². The van der Waals surface area contributed by atoms with Crippen molar-refractivity contribution in [2.45, 2.75) is 38.6 Å². The lowest BCUT2D eigenvalue weighted by molar-refractivity contribution is 0.102. The molecule has 0 aliphatic carbocycles. The molecule has 1 aromatic heterocycles. The second kappa shape index (κ2) is 7.59. The fraction of sp³-hybridized carbons (Fsp3) is 0.368. The predicted octanol–water partition coefficient (Wildman–Crippen LogP) is 4.38. The zero-order valence-corrected chi connectivity index (χ0v) is 14.1. The predicted molar refractivity (Wildman–Crippen MR) is 93.8 cm³/mol. The second-order valence-corrected chi connectivity index (χ2v) is 6.23. The van der Waals surface area contributed by atoms with E-state index in [1.165, 1.54) is 18.9 Å². The van der Waals surface area contributed by atoms with Crippen LogP contribution in [0.25, 0.3) is 0 Å². The third-order valence-electron chi connectivity index (χ3n) is 4.59. The lowest BCUT2D eigenvalue weighted by atomic mass is 9.99. The second-order valence-electron chi connectivity index (χ2n) is 6.23. The van der Waals surface area contributed by atoms with Crippen LogP contribution in [-0.4, -0.2) is 23.5 Å². The molecule has 1 unspecified atom stereocenters. The van der Waals surface area contributed by atoms with E-state index >= 15 is 0 Å². The molecule has 1 saturated heterocycles. The fourth-order valence-electron chi connectivity index (χ4n) is 3.23. The molecule has 6 heteroatoms. The number of benzene rings is 1. The summed E-state index contributed by atoms with van der Waals surface area (Å²) >= 11 is 0. The fourth-order valence-corrected chi connectivity index (χ4v) is 3.23. The molecule has 1 N–H and O–H groups in total. The molecule has 1 fully saturated rings. The summed E-state index contributed by atoms with van der Waals surface area (Å²) in [5.74, 6) is -2.03. The number of amides is 1. The van der Waals surface area contributed by atoms with E-state index in [0.29, 0.717) is 6.04 Å². The zero-order chi connectivity index (χ0) is 17.8. The van der Waals surface area contributed by atoms with Crippen LogP contribution in [0, 0.1) is 11.6 Å². The number of carbonyl (C=O) groups excluding carboxylic acids is 1. The van der Waals surface area contributed by atoms with Crippen LogP contribution in [0.15, 0.2) is 36.5 Å². The maximum atomic E-state index is 13.6. The first-order chi connectivity index (χ1) is 12.1. The Labute approximate surface area is 145 Å². The van der Waals surface area contributed by atoms with Crippen molar-refractivity contribution in [3.05, 3.63) is 53.9 Å². The Morgan fingerprint density at radius 1 is 1.28 bits per heavy atom. The van der Waals surface area contributed by atoms with Crippen LogP contribution in [0.2, 0.25) is 0 Å². The lowest BCUT2D eigenvalue weighted by Gasteiger charge is -2.37. The van der Waals surface area contributed by atoms with Gasteiger partial charge in [-0.05, 0) is 49.9 Å². The molecule has 1 aliphatic rings. The highest BCUT2D eigenvalue weighted by molar-refractivity contribution is 6.03. The van der Waals surface area contributed by atoms with Crippen LogP contribution in [0.1, 0.15) is 43.1 Å². The number of anilines is 2. The topological polar surface area (TPSA) is 45.2 Å². The summed E-state index contributed by atoms with van der Waals surface area (Å²) < 4.78 is 26.6.